The van der Waals surface area contributed by atoms with Crippen LogP contribution in [0.4, 0.5) is 13.2 Å². The first kappa shape index (κ1) is 15.1. The summed E-state index contributed by atoms with van der Waals surface area (Å²) in [4.78, 5) is 4.53. The van der Waals surface area contributed by atoms with Crippen molar-refractivity contribution in [2.24, 2.45) is 0 Å². The molecular weight excluding hydrogens is 269 g/mol. The topological polar surface area (TPSA) is 15.7 Å². The molecule has 1 aliphatic heterocycles. The lowest BCUT2D eigenvalue weighted by atomic mass is 10.3. The van der Waals surface area contributed by atoms with Gasteiger partial charge in [0, 0.05) is 32.7 Å². The maximum Gasteiger partial charge on any atom is 0.203 e. The first-order chi connectivity index (χ1) is 9.58. The predicted octanol–water partition coefficient (Wildman–Crippen LogP) is 2.12. The molecule has 1 fully saturated rings. The molecular formula is C14H19F3N2O. The molecule has 20 heavy (non-hydrogen) atoms. The van der Waals surface area contributed by atoms with Crippen molar-refractivity contribution in [3.63, 3.8) is 0 Å². The van der Waals surface area contributed by atoms with Crippen LogP contribution in [0.5, 0.6) is 5.75 Å². The van der Waals surface area contributed by atoms with Gasteiger partial charge in [-0.15, -0.1) is 0 Å². The largest absolute Gasteiger partial charge is 0.487 e. The summed E-state index contributed by atoms with van der Waals surface area (Å²) in [5.41, 5.74) is 0. The Morgan fingerprint density at radius 1 is 1.05 bits per heavy atom. The van der Waals surface area contributed by atoms with Crippen molar-refractivity contribution in [3.8, 4) is 5.75 Å². The van der Waals surface area contributed by atoms with Crippen molar-refractivity contribution in [1.82, 2.24) is 9.80 Å². The average molecular weight is 288 g/mol. The van der Waals surface area contributed by atoms with Gasteiger partial charge in [0.25, 0.3) is 0 Å². The second-order valence-electron chi connectivity index (χ2n) is 5.02. The van der Waals surface area contributed by atoms with Crippen LogP contribution in [0, 0.1) is 17.5 Å². The first-order valence-electron chi connectivity index (χ1n) is 6.75. The zero-order valence-electron chi connectivity index (χ0n) is 11.5. The zero-order chi connectivity index (χ0) is 14.5. The molecule has 6 heteroatoms. The fraction of sp³-hybridized carbons (Fsp3) is 0.571. The Morgan fingerprint density at radius 2 is 1.70 bits per heavy atom. The molecule has 3 nitrogen and oxygen atoms in total. The lowest BCUT2D eigenvalue weighted by molar-refractivity contribution is 0.144. The highest BCUT2D eigenvalue weighted by atomic mass is 19.2. The van der Waals surface area contributed by atoms with Crippen molar-refractivity contribution in [2.75, 3.05) is 46.4 Å². The highest BCUT2D eigenvalue weighted by Gasteiger charge is 2.16. The van der Waals surface area contributed by atoms with Gasteiger partial charge in [-0.25, -0.2) is 8.78 Å². The molecule has 0 amide bonds. The quantitative estimate of drug-likeness (QED) is 0.610. The number of halogens is 3. The van der Waals surface area contributed by atoms with E-state index in [2.05, 4.69) is 16.8 Å². The molecule has 1 aliphatic rings. The van der Waals surface area contributed by atoms with Crippen LogP contribution < -0.4 is 4.74 Å². The summed E-state index contributed by atoms with van der Waals surface area (Å²) in [6, 6.07) is 1.62. The molecule has 1 aromatic rings. The van der Waals surface area contributed by atoms with Crippen LogP contribution >= 0.6 is 0 Å². The van der Waals surface area contributed by atoms with E-state index in [1.165, 1.54) is 0 Å². The minimum absolute atomic E-state index is 0.170. The van der Waals surface area contributed by atoms with Gasteiger partial charge < -0.3 is 14.5 Å². The number of nitrogens with zero attached hydrogens (tertiary/aromatic N) is 2. The van der Waals surface area contributed by atoms with E-state index in [-0.39, 0.29) is 6.61 Å². The van der Waals surface area contributed by atoms with E-state index in [4.69, 9.17) is 4.74 Å². The molecule has 1 saturated heterocycles. The Labute approximate surface area is 116 Å². The standard InChI is InChI=1S/C14H19F3N2O/c1-18-6-8-19(9-7-18)5-2-10-20-14-12(16)4-3-11(15)13(14)17/h3-4H,2,5-10H2,1H3. The summed E-state index contributed by atoms with van der Waals surface area (Å²) in [6.07, 6.45) is 0.652. The van der Waals surface area contributed by atoms with Crippen LogP contribution in [-0.2, 0) is 0 Å². The van der Waals surface area contributed by atoms with E-state index >= 15 is 0 Å². The van der Waals surface area contributed by atoms with Gasteiger partial charge in [0.2, 0.25) is 5.82 Å². The summed E-state index contributed by atoms with van der Waals surface area (Å²) in [5.74, 6) is -3.85. The fourth-order valence-electron chi connectivity index (χ4n) is 2.17. The van der Waals surface area contributed by atoms with Crippen LogP contribution in [-0.4, -0.2) is 56.2 Å². The SMILES string of the molecule is CN1CCN(CCCOc2c(F)ccc(F)c2F)CC1. The zero-order valence-corrected chi connectivity index (χ0v) is 11.5. The van der Waals surface area contributed by atoms with Crippen LogP contribution in [0.25, 0.3) is 0 Å². The molecule has 0 unspecified atom stereocenters. The number of rotatable bonds is 5. The lowest BCUT2D eigenvalue weighted by Gasteiger charge is -2.32. The Kier molecular flexibility index (Phi) is 5.25. The average Bonchev–Trinajstić information content (AvgIpc) is 2.44. The minimum atomic E-state index is -1.26. The Balaban J connectivity index is 1.75. The van der Waals surface area contributed by atoms with Crippen LogP contribution in [0.2, 0.25) is 0 Å². The Morgan fingerprint density at radius 3 is 2.40 bits per heavy atom. The molecule has 1 heterocycles. The van der Waals surface area contributed by atoms with Crippen molar-refractivity contribution >= 4 is 0 Å². The number of hydrogen-bond donors (Lipinski definition) is 0. The molecule has 2 rings (SSSR count). The molecule has 0 aromatic heterocycles. The van der Waals surface area contributed by atoms with Gasteiger partial charge >= 0.3 is 0 Å². The third-order valence-corrected chi connectivity index (χ3v) is 3.46. The van der Waals surface area contributed by atoms with Gasteiger partial charge in [0.1, 0.15) is 0 Å². The van der Waals surface area contributed by atoms with Gasteiger partial charge in [-0.2, -0.15) is 4.39 Å². The second-order valence-corrected chi connectivity index (χ2v) is 5.02. The number of hydrogen-bond acceptors (Lipinski definition) is 3. The molecule has 0 saturated carbocycles. The van der Waals surface area contributed by atoms with Crippen molar-refractivity contribution < 1.29 is 17.9 Å². The molecule has 0 bridgehead atoms. The van der Waals surface area contributed by atoms with Gasteiger partial charge in [0.15, 0.2) is 17.4 Å². The van der Waals surface area contributed by atoms with Gasteiger partial charge in [0.05, 0.1) is 6.61 Å². The summed E-state index contributed by atoms with van der Waals surface area (Å²) >= 11 is 0. The van der Waals surface area contributed by atoms with Crippen LogP contribution in [0.3, 0.4) is 0 Å². The molecule has 0 N–H and O–H groups in total. The number of piperazine rings is 1. The summed E-state index contributed by atoms with van der Waals surface area (Å²) in [7, 11) is 2.08. The van der Waals surface area contributed by atoms with E-state index in [0.717, 1.165) is 44.9 Å². The Bertz CT molecular complexity index is 448. The molecule has 0 atom stereocenters. The molecule has 0 aliphatic carbocycles. The maximum atomic E-state index is 13.3. The fourth-order valence-corrected chi connectivity index (χ4v) is 2.17. The van der Waals surface area contributed by atoms with Crippen LogP contribution in [0.1, 0.15) is 6.42 Å². The third-order valence-electron chi connectivity index (χ3n) is 3.46. The van der Waals surface area contributed by atoms with Gasteiger partial charge in [-0.1, -0.05) is 0 Å². The molecule has 0 spiro atoms. The first-order valence-corrected chi connectivity index (χ1v) is 6.75. The van der Waals surface area contributed by atoms with E-state index in [9.17, 15) is 13.2 Å². The minimum Gasteiger partial charge on any atom is -0.487 e. The maximum absolute atomic E-state index is 13.3. The van der Waals surface area contributed by atoms with E-state index < -0.39 is 23.2 Å². The van der Waals surface area contributed by atoms with Crippen molar-refractivity contribution in [1.29, 1.82) is 0 Å². The number of likely N-dealkylation sites (N-methyl/N-ethyl adjacent to an activating group) is 1. The highest BCUT2D eigenvalue weighted by molar-refractivity contribution is 5.27. The summed E-state index contributed by atoms with van der Waals surface area (Å²) in [6.45, 7) is 5.00. The third kappa shape index (κ3) is 3.86. The molecule has 1 aromatic carbocycles. The van der Waals surface area contributed by atoms with Crippen LogP contribution in [0.15, 0.2) is 12.1 Å². The summed E-state index contributed by atoms with van der Waals surface area (Å²) in [5, 5.41) is 0. The van der Waals surface area contributed by atoms with E-state index in [1.54, 1.807) is 0 Å². The molecule has 0 radical (unpaired) electrons. The molecule has 112 valence electrons. The second kappa shape index (κ2) is 6.95. The lowest BCUT2D eigenvalue weighted by Crippen LogP contribution is -2.44. The van der Waals surface area contributed by atoms with E-state index in [1.807, 2.05) is 0 Å². The number of ether oxygens (including phenoxy) is 1. The predicted molar refractivity (Wildman–Crippen MR) is 70.4 cm³/mol. The normalized spacial score (nSPS) is 17.4. The highest BCUT2D eigenvalue weighted by Crippen LogP contribution is 2.23. The van der Waals surface area contributed by atoms with Crippen molar-refractivity contribution in [2.45, 2.75) is 6.42 Å². The summed E-state index contributed by atoms with van der Waals surface area (Å²) < 4.78 is 44.6. The van der Waals surface area contributed by atoms with Gasteiger partial charge in [-0.3, -0.25) is 0 Å². The van der Waals surface area contributed by atoms with Gasteiger partial charge in [-0.05, 0) is 25.6 Å². The van der Waals surface area contributed by atoms with E-state index in [0.29, 0.717) is 6.42 Å². The smallest absolute Gasteiger partial charge is 0.203 e. The van der Waals surface area contributed by atoms with Crippen molar-refractivity contribution in [3.05, 3.63) is 29.6 Å². The monoisotopic (exact) mass is 288 g/mol. The Hall–Kier alpha value is -1.27. The number of benzene rings is 1.